The maximum atomic E-state index is 11.3. The highest BCUT2D eigenvalue weighted by Gasteiger charge is 2.10. The van der Waals surface area contributed by atoms with Crippen LogP contribution in [0.1, 0.15) is 18.4 Å². The predicted molar refractivity (Wildman–Crippen MR) is 75.6 cm³/mol. The van der Waals surface area contributed by atoms with Crippen molar-refractivity contribution >= 4 is 10.0 Å². The Hall–Kier alpha value is -1.73. The molecule has 1 N–H and O–H groups in total. The van der Waals surface area contributed by atoms with Crippen LogP contribution >= 0.6 is 0 Å². The van der Waals surface area contributed by atoms with Gasteiger partial charge in [0.2, 0.25) is 21.7 Å². The lowest BCUT2D eigenvalue weighted by Crippen LogP contribution is -2.27. The van der Waals surface area contributed by atoms with Crippen LogP contribution in [0.4, 0.5) is 0 Å². The zero-order valence-electron chi connectivity index (χ0n) is 11.5. The van der Waals surface area contributed by atoms with Crippen molar-refractivity contribution < 1.29 is 12.9 Å². The fourth-order valence-electron chi connectivity index (χ4n) is 1.59. The molecular weight excluding hydrogens is 278 g/mol. The van der Waals surface area contributed by atoms with Gasteiger partial charge in [-0.2, -0.15) is 4.98 Å². The largest absolute Gasteiger partial charge is 0.339 e. The topological polar surface area (TPSA) is 85.1 Å². The highest BCUT2D eigenvalue weighted by atomic mass is 32.2. The van der Waals surface area contributed by atoms with E-state index in [-0.39, 0.29) is 12.3 Å². The molecule has 0 bridgehead atoms. The van der Waals surface area contributed by atoms with Gasteiger partial charge in [-0.25, -0.2) is 13.1 Å². The molecule has 0 fully saturated rings. The molecule has 0 saturated heterocycles. The first-order chi connectivity index (χ1) is 9.50. The van der Waals surface area contributed by atoms with E-state index in [0.29, 0.717) is 18.1 Å². The average Bonchev–Trinajstić information content (AvgIpc) is 2.88. The van der Waals surface area contributed by atoms with E-state index in [4.69, 9.17) is 4.52 Å². The van der Waals surface area contributed by atoms with Crippen molar-refractivity contribution in [2.75, 3.05) is 12.3 Å². The number of benzene rings is 1. The van der Waals surface area contributed by atoms with Crippen LogP contribution in [-0.4, -0.2) is 30.9 Å². The first kappa shape index (κ1) is 14.7. The van der Waals surface area contributed by atoms with Crippen LogP contribution in [0.5, 0.6) is 0 Å². The molecule has 6 nitrogen and oxygen atoms in total. The van der Waals surface area contributed by atoms with Crippen LogP contribution in [-0.2, 0) is 16.4 Å². The normalized spacial score (nSPS) is 11.7. The quantitative estimate of drug-likeness (QED) is 0.873. The summed E-state index contributed by atoms with van der Waals surface area (Å²) in [6.45, 7) is 3.85. The number of sulfonamides is 1. The van der Waals surface area contributed by atoms with E-state index in [0.717, 1.165) is 11.1 Å². The van der Waals surface area contributed by atoms with Crippen LogP contribution in [0.25, 0.3) is 11.4 Å². The number of aromatic nitrogens is 2. The molecule has 0 unspecified atom stereocenters. The summed E-state index contributed by atoms with van der Waals surface area (Å²) >= 11 is 0. The summed E-state index contributed by atoms with van der Waals surface area (Å²) in [6, 6.07) is 7.79. The summed E-state index contributed by atoms with van der Waals surface area (Å²) in [7, 11) is -3.18. The smallest absolute Gasteiger partial charge is 0.228 e. The molecular formula is C13H17N3O3S. The monoisotopic (exact) mass is 295 g/mol. The van der Waals surface area contributed by atoms with E-state index >= 15 is 0 Å². The van der Waals surface area contributed by atoms with Crippen molar-refractivity contribution in [2.24, 2.45) is 0 Å². The molecule has 2 aromatic rings. The number of nitrogens with zero attached hydrogens (tertiary/aromatic N) is 2. The third kappa shape index (κ3) is 3.88. The minimum atomic E-state index is -3.18. The Bertz CT molecular complexity index is 662. The summed E-state index contributed by atoms with van der Waals surface area (Å²) in [5.41, 5.74) is 2.03. The standard InChI is InChI=1S/C13H17N3O3S/c1-3-20(17,18)14-9-8-12-15-13(16-19-12)11-6-4-10(2)5-7-11/h4-7,14H,3,8-9H2,1-2H3. The molecule has 1 aromatic heterocycles. The maximum absolute atomic E-state index is 11.3. The van der Waals surface area contributed by atoms with E-state index in [2.05, 4.69) is 14.9 Å². The van der Waals surface area contributed by atoms with E-state index in [1.165, 1.54) is 0 Å². The lowest BCUT2D eigenvalue weighted by Gasteiger charge is -2.00. The van der Waals surface area contributed by atoms with Gasteiger partial charge in [0.25, 0.3) is 0 Å². The van der Waals surface area contributed by atoms with Crippen molar-refractivity contribution in [1.29, 1.82) is 0 Å². The second-order valence-corrected chi connectivity index (χ2v) is 6.52. The first-order valence-electron chi connectivity index (χ1n) is 6.37. The fraction of sp³-hybridized carbons (Fsp3) is 0.385. The molecule has 2 rings (SSSR count). The molecule has 108 valence electrons. The summed E-state index contributed by atoms with van der Waals surface area (Å²) < 4.78 is 30.1. The molecule has 0 aliphatic heterocycles. The second-order valence-electron chi connectivity index (χ2n) is 4.43. The Labute approximate surface area is 118 Å². The number of hydrogen-bond donors (Lipinski definition) is 1. The highest BCUT2D eigenvalue weighted by molar-refractivity contribution is 7.89. The summed E-state index contributed by atoms with van der Waals surface area (Å²) in [5, 5.41) is 3.89. The van der Waals surface area contributed by atoms with Crippen LogP contribution < -0.4 is 4.72 Å². The van der Waals surface area contributed by atoms with E-state index in [9.17, 15) is 8.42 Å². The molecule has 0 spiro atoms. The van der Waals surface area contributed by atoms with E-state index in [1.54, 1.807) is 6.92 Å². The van der Waals surface area contributed by atoms with Crippen molar-refractivity contribution in [1.82, 2.24) is 14.9 Å². The Balaban J connectivity index is 1.97. The van der Waals surface area contributed by atoms with Crippen LogP contribution in [0.15, 0.2) is 28.8 Å². The number of nitrogens with one attached hydrogen (secondary N) is 1. The van der Waals surface area contributed by atoms with Crippen molar-refractivity contribution in [3.05, 3.63) is 35.7 Å². The van der Waals surface area contributed by atoms with Crippen molar-refractivity contribution in [3.8, 4) is 11.4 Å². The number of hydrogen-bond acceptors (Lipinski definition) is 5. The van der Waals surface area contributed by atoms with E-state index < -0.39 is 10.0 Å². The Kier molecular flexibility index (Phi) is 4.51. The van der Waals surface area contributed by atoms with Gasteiger partial charge in [0.05, 0.1) is 5.75 Å². The van der Waals surface area contributed by atoms with Crippen molar-refractivity contribution in [3.63, 3.8) is 0 Å². The van der Waals surface area contributed by atoms with Crippen LogP contribution in [0.3, 0.4) is 0 Å². The maximum Gasteiger partial charge on any atom is 0.228 e. The molecule has 0 aliphatic carbocycles. The van der Waals surface area contributed by atoms with Crippen molar-refractivity contribution in [2.45, 2.75) is 20.3 Å². The lowest BCUT2D eigenvalue weighted by molar-refractivity contribution is 0.379. The zero-order chi connectivity index (χ0) is 14.6. The highest BCUT2D eigenvalue weighted by Crippen LogP contribution is 2.16. The molecule has 7 heteroatoms. The first-order valence-corrected chi connectivity index (χ1v) is 8.02. The molecule has 0 radical (unpaired) electrons. The van der Waals surface area contributed by atoms with Gasteiger partial charge in [0.1, 0.15) is 0 Å². The minimum Gasteiger partial charge on any atom is -0.339 e. The van der Waals surface area contributed by atoms with Gasteiger partial charge in [-0.1, -0.05) is 35.0 Å². The van der Waals surface area contributed by atoms with Gasteiger partial charge in [-0.15, -0.1) is 0 Å². The Morgan fingerprint density at radius 3 is 2.60 bits per heavy atom. The van der Waals surface area contributed by atoms with Crippen LogP contribution in [0, 0.1) is 6.92 Å². The van der Waals surface area contributed by atoms with Gasteiger partial charge in [0.15, 0.2) is 0 Å². The molecule has 0 atom stereocenters. The Morgan fingerprint density at radius 1 is 1.25 bits per heavy atom. The molecule has 20 heavy (non-hydrogen) atoms. The number of rotatable bonds is 6. The molecule has 0 aliphatic rings. The average molecular weight is 295 g/mol. The second kappa shape index (κ2) is 6.15. The lowest BCUT2D eigenvalue weighted by atomic mass is 10.1. The third-order valence-electron chi connectivity index (χ3n) is 2.82. The Morgan fingerprint density at radius 2 is 1.95 bits per heavy atom. The fourth-order valence-corrected chi connectivity index (χ4v) is 2.21. The molecule has 1 heterocycles. The SMILES string of the molecule is CCS(=O)(=O)NCCc1nc(-c2ccc(C)cc2)no1. The molecule has 1 aromatic carbocycles. The number of aryl methyl sites for hydroxylation is 1. The van der Waals surface area contributed by atoms with Crippen LogP contribution in [0.2, 0.25) is 0 Å². The molecule has 0 amide bonds. The zero-order valence-corrected chi connectivity index (χ0v) is 12.3. The summed E-state index contributed by atoms with van der Waals surface area (Å²) in [6.07, 6.45) is 0.373. The van der Waals surface area contributed by atoms with Gasteiger partial charge in [-0.3, -0.25) is 0 Å². The van der Waals surface area contributed by atoms with Gasteiger partial charge in [-0.05, 0) is 13.8 Å². The van der Waals surface area contributed by atoms with E-state index in [1.807, 2.05) is 31.2 Å². The molecule has 0 saturated carbocycles. The summed E-state index contributed by atoms with van der Waals surface area (Å²) in [4.78, 5) is 4.24. The predicted octanol–water partition coefficient (Wildman–Crippen LogP) is 1.53. The van der Waals surface area contributed by atoms with Gasteiger partial charge in [0, 0.05) is 18.5 Å². The van der Waals surface area contributed by atoms with Gasteiger partial charge >= 0.3 is 0 Å². The minimum absolute atomic E-state index is 0.0610. The summed E-state index contributed by atoms with van der Waals surface area (Å²) in [5.74, 6) is 0.989. The third-order valence-corrected chi connectivity index (χ3v) is 4.22. The van der Waals surface area contributed by atoms with Gasteiger partial charge < -0.3 is 4.52 Å².